The Bertz CT molecular complexity index is 876. The zero-order valence-electron chi connectivity index (χ0n) is 15.4. The van der Waals surface area contributed by atoms with Gasteiger partial charge in [0.2, 0.25) is 0 Å². The van der Waals surface area contributed by atoms with E-state index in [1.54, 1.807) is 0 Å². The number of carbonyl (C=O) groups is 1. The van der Waals surface area contributed by atoms with Crippen LogP contribution in [0.15, 0.2) is 84.9 Å². The van der Waals surface area contributed by atoms with Crippen molar-refractivity contribution >= 4 is 18.6 Å². The Morgan fingerprint density at radius 1 is 0.929 bits per heavy atom. The van der Waals surface area contributed by atoms with E-state index >= 15 is 0 Å². The van der Waals surface area contributed by atoms with Gasteiger partial charge in [-0.3, -0.25) is 4.79 Å². The standard InChI is InChI=1S/C23H23NO3S/c24-21(16-28)22(25)27-15-17-8-7-13-20(14-17)23(26,18-9-3-1-4-10-18)19-11-5-2-6-12-19/h1-14,21,26,28H,15-16,24H2. The third-order valence-corrected chi connectivity index (χ3v) is 5.00. The number of carbonyl (C=O) groups excluding carboxylic acids is 1. The van der Waals surface area contributed by atoms with Crippen LogP contribution >= 0.6 is 12.6 Å². The molecule has 3 N–H and O–H groups in total. The summed E-state index contributed by atoms with van der Waals surface area (Å²) in [6.45, 7) is 0.0772. The van der Waals surface area contributed by atoms with Crippen LogP contribution in [0.2, 0.25) is 0 Å². The molecule has 0 aliphatic carbocycles. The first-order valence-electron chi connectivity index (χ1n) is 9.01. The summed E-state index contributed by atoms with van der Waals surface area (Å²) < 4.78 is 5.27. The molecule has 5 heteroatoms. The number of ether oxygens (including phenoxy) is 1. The third-order valence-electron chi connectivity index (χ3n) is 4.61. The number of aliphatic hydroxyl groups is 1. The van der Waals surface area contributed by atoms with Crippen molar-refractivity contribution in [1.82, 2.24) is 0 Å². The van der Waals surface area contributed by atoms with E-state index in [4.69, 9.17) is 10.5 Å². The van der Waals surface area contributed by atoms with Crippen LogP contribution in [-0.2, 0) is 21.7 Å². The molecule has 0 aromatic heterocycles. The lowest BCUT2D eigenvalue weighted by atomic mass is 9.80. The third kappa shape index (κ3) is 4.28. The number of benzene rings is 3. The zero-order valence-corrected chi connectivity index (χ0v) is 16.3. The average molecular weight is 394 g/mol. The van der Waals surface area contributed by atoms with Crippen LogP contribution in [0.1, 0.15) is 22.3 Å². The van der Waals surface area contributed by atoms with Crippen LogP contribution in [0.5, 0.6) is 0 Å². The molecular weight excluding hydrogens is 370 g/mol. The number of nitrogens with two attached hydrogens (primary N) is 1. The van der Waals surface area contributed by atoms with Crippen molar-refractivity contribution in [2.45, 2.75) is 18.2 Å². The lowest BCUT2D eigenvalue weighted by Gasteiger charge is -2.30. The van der Waals surface area contributed by atoms with Crippen molar-refractivity contribution < 1.29 is 14.6 Å². The SMILES string of the molecule is NC(CS)C(=O)OCc1cccc(C(O)(c2ccccc2)c2ccccc2)c1. The minimum atomic E-state index is -1.33. The van der Waals surface area contributed by atoms with Gasteiger partial charge in [0.1, 0.15) is 18.2 Å². The van der Waals surface area contributed by atoms with Gasteiger partial charge in [-0.25, -0.2) is 0 Å². The van der Waals surface area contributed by atoms with E-state index in [1.165, 1.54) is 0 Å². The fourth-order valence-corrected chi connectivity index (χ4v) is 3.23. The second-order valence-electron chi connectivity index (χ2n) is 6.54. The Morgan fingerprint density at radius 2 is 1.46 bits per heavy atom. The first kappa shape index (κ1) is 20.1. The smallest absolute Gasteiger partial charge is 0.324 e. The molecule has 0 saturated heterocycles. The highest BCUT2D eigenvalue weighted by Crippen LogP contribution is 2.36. The molecule has 0 amide bonds. The van der Waals surface area contributed by atoms with E-state index in [0.29, 0.717) is 5.56 Å². The molecule has 0 heterocycles. The van der Waals surface area contributed by atoms with Gasteiger partial charge in [-0.15, -0.1) is 0 Å². The molecule has 144 valence electrons. The average Bonchev–Trinajstić information content (AvgIpc) is 2.77. The van der Waals surface area contributed by atoms with Crippen molar-refractivity contribution in [3.63, 3.8) is 0 Å². The van der Waals surface area contributed by atoms with Crippen molar-refractivity contribution in [2.24, 2.45) is 5.73 Å². The van der Waals surface area contributed by atoms with Crippen molar-refractivity contribution in [3.8, 4) is 0 Å². The fraction of sp³-hybridized carbons (Fsp3) is 0.174. The van der Waals surface area contributed by atoms with Crippen LogP contribution in [0, 0.1) is 0 Å². The molecule has 3 aromatic rings. The van der Waals surface area contributed by atoms with Gasteiger partial charge in [-0.05, 0) is 28.3 Å². The quantitative estimate of drug-likeness (QED) is 0.327. The number of thiol groups is 1. The number of rotatable bonds is 7. The predicted molar refractivity (Wildman–Crippen MR) is 113 cm³/mol. The topological polar surface area (TPSA) is 72.6 Å². The summed E-state index contributed by atoms with van der Waals surface area (Å²) >= 11 is 4.01. The Morgan fingerprint density at radius 3 is 2.00 bits per heavy atom. The van der Waals surface area contributed by atoms with Crippen molar-refractivity contribution in [2.75, 3.05) is 5.75 Å². The van der Waals surface area contributed by atoms with Gasteiger partial charge in [-0.1, -0.05) is 78.9 Å². The number of esters is 1. The van der Waals surface area contributed by atoms with Crippen LogP contribution in [0.4, 0.5) is 0 Å². The molecule has 0 radical (unpaired) electrons. The summed E-state index contributed by atoms with van der Waals surface area (Å²) in [5.74, 6) is -0.275. The Balaban J connectivity index is 1.97. The first-order valence-corrected chi connectivity index (χ1v) is 9.65. The maximum Gasteiger partial charge on any atom is 0.324 e. The van der Waals surface area contributed by atoms with E-state index in [9.17, 15) is 9.90 Å². The normalized spacial score (nSPS) is 12.4. The zero-order chi connectivity index (χ0) is 20.0. The minimum absolute atomic E-state index is 0.0772. The molecule has 3 rings (SSSR count). The number of hydrogen-bond donors (Lipinski definition) is 3. The largest absolute Gasteiger partial charge is 0.460 e. The fourth-order valence-electron chi connectivity index (χ4n) is 3.08. The van der Waals surface area contributed by atoms with Crippen LogP contribution in [0.25, 0.3) is 0 Å². The van der Waals surface area contributed by atoms with E-state index < -0.39 is 17.6 Å². The van der Waals surface area contributed by atoms with Gasteiger partial charge in [0.05, 0.1) is 0 Å². The lowest BCUT2D eigenvalue weighted by Crippen LogP contribution is -2.33. The predicted octanol–water partition coefficient (Wildman–Crippen LogP) is 3.27. The second-order valence-corrected chi connectivity index (χ2v) is 6.90. The van der Waals surface area contributed by atoms with Crippen molar-refractivity contribution in [3.05, 3.63) is 107 Å². The molecule has 4 nitrogen and oxygen atoms in total. The highest BCUT2D eigenvalue weighted by atomic mass is 32.1. The van der Waals surface area contributed by atoms with E-state index in [2.05, 4.69) is 12.6 Å². The van der Waals surface area contributed by atoms with Gasteiger partial charge < -0.3 is 15.6 Å². The summed E-state index contributed by atoms with van der Waals surface area (Å²) in [5.41, 5.74) is 7.28. The summed E-state index contributed by atoms with van der Waals surface area (Å²) in [4.78, 5) is 11.8. The van der Waals surface area contributed by atoms with Gasteiger partial charge in [-0.2, -0.15) is 12.6 Å². The van der Waals surface area contributed by atoms with Crippen molar-refractivity contribution in [1.29, 1.82) is 0 Å². The molecule has 0 spiro atoms. The van der Waals surface area contributed by atoms with Gasteiger partial charge in [0, 0.05) is 5.75 Å². The Hall–Kier alpha value is -2.60. The molecule has 0 aliphatic heterocycles. The highest BCUT2D eigenvalue weighted by Gasteiger charge is 2.33. The molecule has 28 heavy (non-hydrogen) atoms. The van der Waals surface area contributed by atoms with E-state index in [1.807, 2.05) is 84.9 Å². The molecule has 0 aliphatic rings. The van der Waals surface area contributed by atoms with E-state index in [-0.39, 0.29) is 12.4 Å². The molecule has 0 fully saturated rings. The van der Waals surface area contributed by atoms with Gasteiger partial charge in [0.15, 0.2) is 0 Å². The minimum Gasteiger partial charge on any atom is -0.460 e. The number of hydrogen-bond acceptors (Lipinski definition) is 5. The Kier molecular flexibility index (Phi) is 6.52. The molecule has 1 unspecified atom stereocenters. The van der Waals surface area contributed by atoms with Crippen LogP contribution in [0.3, 0.4) is 0 Å². The summed E-state index contributed by atoms with van der Waals surface area (Å²) in [5, 5.41) is 11.8. The molecule has 1 atom stereocenters. The van der Waals surface area contributed by atoms with E-state index in [0.717, 1.165) is 16.7 Å². The molecule has 0 bridgehead atoms. The van der Waals surface area contributed by atoms with Crippen LogP contribution in [-0.4, -0.2) is 22.9 Å². The molecule has 0 saturated carbocycles. The molecular formula is C23H23NO3S. The Labute approximate surface area is 170 Å². The first-order chi connectivity index (χ1) is 13.6. The summed E-state index contributed by atoms with van der Waals surface area (Å²) in [6, 6.07) is 25.6. The maximum absolute atomic E-state index is 11.8. The van der Waals surface area contributed by atoms with Gasteiger partial charge >= 0.3 is 5.97 Å². The maximum atomic E-state index is 11.8. The monoisotopic (exact) mass is 393 g/mol. The summed E-state index contributed by atoms with van der Waals surface area (Å²) in [7, 11) is 0. The molecule has 3 aromatic carbocycles. The van der Waals surface area contributed by atoms with Crippen LogP contribution < -0.4 is 5.73 Å². The second kappa shape index (κ2) is 9.06. The lowest BCUT2D eigenvalue weighted by molar-refractivity contribution is -0.145. The summed E-state index contributed by atoms with van der Waals surface area (Å²) in [6.07, 6.45) is 0. The van der Waals surface area contributed by atoms with Gasteiger partial charge in [0.25, 0.3) is 0 Å². The highest BCUT2D eigenvalue weighted by molar-refractivity contribution is 7.80.